The van der Waals surface area contributed by atoms with Crippen LogP contribution in [0, 0.1) is 5.82 Å². The van der Waals surface area contributed by atoms with Crippen molar-refractivity contribution in [2.45, 2.75) is 6.18 Å². The minimum atomic E-state index is -4.39. The zero-order valence-corrected chi connectivity index (χ0v) is 9.55. The number of halogens is 4. The first kappa shape index (κ1) is 13.5. The molecule has 0 aliphatic carbocycles. The summed E-state index contributed by atoms with van der Waals surface area (Å²) >= 11 is 0. The average molecular weight is 275 g/mol. The first-order valence-electron chi connectivity index (χ1n) is 5.35. The lowest BCUT2D eigenvalue weighted by Gasteiger charge is -2.06. The van der Waals surface area contributed by atoms with E-state index in [1.54, 1.807) is 6.07 Å². The summed E-state index contributed by atoms with van der Waals surface area (Å²) in [6, 6.07) is 5.46. The average Bonchev–Trinajstić information content (AvgIpc) is 2.72. The van der Waals surface area contributed by atoms with Gasteiger partial charge in [0, 0.05) is 5.39 Å². The number of rotatable bonds is 4. The highest BCUT2D eigenvalue weighted by molar-refractivity contribution is 5.98. The van der Waals surface area contributed by atoms with Crippen molar-refractivity contribution in [1.82, 2.24) is 5.32 Å². The number of carbonyl (C=O) groups excluding carboxylic acids is 1. The Morgan fingerprint density at radius 1 is 1.32 bits per heavy atom. The molecule has 0 spiro atoms. The first-order chi connectivity index (χ1) is 8.87. The summed E-state index contributed by atoms with van der Waals surface area (Å²) < 4.78 is 53.9. The van der Waals surface area contributed by atoms with Gasteiger partial charge in [0.05, 0.1) is 13.1 Å². The molecule has 0 saturated heterocycles. The second kappa shape index (κ2) is 5.00. The van der Waals surface area contributed by atoms with Crippen molar-refractivity contribution in [2.75, 3.05) is 13.1 Å². The summed E-state index contributed by atoms with van der Waals surface area (Å²) in [5.74, 6) is -1.46. The van der Waals surface area contributed by atoms with Crippen LogP contribution in [0.1, 0.15) is 10.6 Å². The lowest BCUT2D eigenvalue weighted by atomic mass is 10.2. The number of hydrogen-bond acceptors (Lipinski definition) is 3. The largest absolute Gasteiger partial charge is 0.450 e. The molecule has 1 aromatic carbocycles. The quantitative estimate of drug-likeness (QED) is 0.689. The molecule has 0 atom stereocenters. The molecule has 3 nitrogen and oxygen atoms in total. The summed E-state index contributed by atoms with van der Waals surface area (Å²) in [5, 5.41) is 2.34. The van der Waals surface area contributed by atoms with E-state index in [1.807, 2.05) is 5.32 Å². The van der Waals surface area contributed by atoms with Crippen LogP contribution < -0.4 is 5.32 Å². The maximum absolute atomic E-state index is 13.3. The SMILES string of the molecule is O=C(CNCC(F)(F)F)c1cc2cccc(F)c2o1. The van der Waals surface area contributed by atoms with Crippen LogP contribution in [-0.4, -0.2) is 25.0 Å². The van der Waals surface area contributed by atoms with Crippen molar-refractivity contribution in [3.8, 4) is 0 Å². The summed E-state index contributed by atoms with van der Waals surface area (Å²) in [6.45, 7) is -1.80. The number of fused-ring (bicyclic) bond motifs is 1. The monoisotopic (exact) mass is 275 g/mol. The van der Waals surface area contributed by atoms with Gasteiger partial charge in [-0.25, -0.2) is 4.39 Å². The second-order valence-corrected chi connectivity index (χ2v) is 3.91. The lowest BCUT2D eigenvalue weighted by molar-refractivity contribution is -0.124. The fraction of sp³-hybridized carbons (Fsp3) is 0.250. The Bertz CT molecular complexity index is 603. The maximum atomic E-state index is 13.3. The highest BCUT2D eigenvalue weighted by Crippen LogP contribution is 2.22. The minimum Gasteiger partial charge on any atom is -0.450 e. The molecule has 0 amide bonds. The number of ketones is 1. The van der Waals surface area contributed by atoms with Crippen molar-refractivity contribution in [2.24, 2.45) is 0 Å². The first-order valence-corrected chi connectivity index (χ1v) is 5.35. The lowest BCUT2D eigenvalue weighted by Crippen LogP contribution is -2.32. The van der Waals surface area contributed by atoms with Crippen LogP contribution in [0.5, 0.6) is 0 Å². The number of nitrogens with one attached hydrogen (secondary N) is 1. The van der Waals surface area contributed by atoms with Gasteiger partial charge in [-0.3, -0.25) is 4.79 Å². The Hall–Kier alpha value is -1.89. The van der Waals surface area contributed by atoms with Gasteiger partial charge in [0.15, 0.2) is 17.2 Å². The number of para-hydroxylation sites is 1. The summed E-state index contributed by atoms with van der Waals surface area (Å²) in [4.78, 5) is 11.6. The molecule has 2 aromatic rings. The molecule has 1 aromatic heterocycles. The van der Waals surface area contributed by atoms with Gasteiger partial charge in [-0.2, -0.15) is 13.2 Å². The molecule has 0 fully saturated rings. The van der Waals surface area contributed by atoms with Crippen LogP contribution in [0.4, 0.5) is 17.6 Å². The van der Waals surface area contributed by atoms with Gasteiger partial charge in [-0.05, 0) is 12.1 Å². The van der Waals surface area contributed by atoms with E-state index in [2.05, 4.69) is 0 Å². The molecule has 0 aliphatic rings. The molecule has 0 unspecified atom stereocenters. The normalized spacial score (nSPS) is 12.0. The van der Waals surface area contributed by atoms with Gasteiger partial charge < -0.3 is 9.73 Å². The van der Waals surface area contributed by atoms with E-state index in [-0.39, 0.29) is 11.3 Å². The zero-order valence-electron chi connectivity index (χ0n) is 9.55. The molecule has 7 heteroatoms. The number of benzene rings is 1. The highest BCUT2D eigenvalue weighted by atomic mass is 19.4. The Morgan fingerprint density at radius 3 is 2.68 bits per heavy atom. The van der Waals surface area contributed by atoms with E-state index in [0.29, 0.717) is 5.39 Å². The number of alkyl halides is 3. The molecular formula is C12H9F4NO2. The third-order valence-electron chi connectivity index (χ3n) is 2.38. The Balaban J connectivity index is 2.08. The molecule has 0 radical (unpaired) electrons. The molecule has 102 valence electrons. The highest BCUT2D eigenvalue weighted by Gasteiger charge is 2.27. The van der Waals surface area contributed by atoms with E-state index in [1.165, 1.54) is 18.2 Å². The van der Waals surface area contributed by atoms with E-state index < -0.39 is 30.9 Å². The predicted molar refractivity (Wildman–Crippen MR) is 59.4 cm³/mol. The molecule has 0 aliphatic heterocycles. The van der Waals surface area contributed by atoms with Crippen LogP contribution in [-0.2, 0) is 0 Å². The molecule has 0 saturated carbocycles. The van der Waals surface area contributed by atoms with Crippen LogP contribution in [0.3, 0.4) is 0 Å². The molecule has 1 N–H and O–H groups in total. The van der Waals surface area contributed by atoms with Crippen LogP contribution in [0.25, 0.3) is 11.0 Å². The summed E-state index contributed by atoms with van der Waals surface area (Å²) in [5.41, 5.74) is -0.0818. The van der Waals surface area contributed by atoms with Gasteiger partial charge >= 0.3 is 6.18 Å². The molecular weight excluding hydrogens is 266 g/mol. The van der Waals surface area contributed by atoms with Crippen molar-refractivity contribution in [3.63, 3.8) is 0 Å². The summed E-state index contributed by atoms with van der Waals surface area (Å²) in [6.07, 6.45) is -4.39. The number of Topliss-reactive ketones (excluding diaryl/α,β-unsaturated/α-hetero) is 1. The topological polar surface area (TPSA) is 42.2 Å². The number of hydrogen-bond donors (Lipinski definition) is 1. The number of carbonyl (C=O) groups is 1. The van der Waals surface area contributed by atoms with Crippen molar-refractivity contribution in [3.05, 3.63) is 35.8 Å². The minimum absolute atomic E-state index is 0.0818. The van der Waals surface area contributed by atoms with E-state index >= 15 is 0 Å². The van der Waals surface area contributed by atoms with Crippen LogP contribution >= 0.6 is 0 Å². The third kappa shape index (κ3) is 3.31. The molecule has 0 bridgehead atoms. The molecule has 1 heterocycles. The van der Waals surface area contributed by atoms with Gasteiger partial charge in [0.1, 0.15) is 0 Å². The van der Waals surface area contributed by atoms with E-state index in [4.69, 9.17) is 4.42 Å². The second-order valence-electron chi connectivity index (χ2n) is 3.91. The molecule has 2 rings (SSSR count). The van der Waals surface area contributed by atoms with Crippen LogP contribution in [0.15, 0.2) is 28.7 Å². The zero-order chi connectivity index (χ0) is 14.0. The standard InChI is InChI=1S/C12H9F4NO2/c13-8-3-1-2-7-4-10(19-11(7)8)9(18)5-17-6-12(14,15)16/h1-4,17H,5-6H2. The Kier molecular flexibility index (Phi) is 3.57. The number of furan rings is 1. The fourth-order valence-electron chi connectivity index (χ4n) is 1.57. The fourth-order valence-corrected chi connectivity index (χ4v) is 1.57. The van der Waals surface area contributed by atoms with E-state index in [0.717, 1.165) is 0 Å². The Morgan fingerprint density at radius 2 is 2.05 bits per heavy atom. The van der Waals surface area contributed by atoms with Crippen LogP contribution in [0.2, 0.25) is 0 Å². The third-order valence-corrected chi connectivity index (χ3v) is 2.38. The van der Waals surface area contributed by atoms with E-state index in [9.17, 15) is 22.4 Å². The smallest absolute Gasteiger partial charge is 0.401 e. The maximum Gasteiger partial charge on any atom is 0.401 e. The van der Waals surface area contributed by atoms with Gasteiger partial charge in [0.25, 0.3) is 0 Å². The van der Waals surface area contributed by atoms with Crippen molar-refractivity contribution >= 4 is 16.8 Å². The van der Waals surface area contributed by atoms with Gasteiger partial charge in [-0.15, -0.1) is 0 Å². The van der Waals surface area contributed by atoms with Gasteiger partial charge in [-0.1, -0.05) is 12.1 Å². The molecule has 19 heavy (non-hydrogen) atoms. The summed E-state index contributed by atoms with van der Waals surface area (Å²) in [7, 11) is 0. The van der Waals surface area contributed by atoms with Crippen molar-refractivity contribution < 1.29 is 26.8 Å². The van der Waals surface area contributed by atoms with Crippen molar-refractivity contribution in [1.29, 1.82) is 0 Å². The predicted octanol–water partition coefficient (Wildman–Crippen LogP) is 2.91. The van der Waals surface area contributed by atoms with Gasteiger partial charge in [0.2, 0.25) is 5.78 Å². The Labute approximate surface area is 105 Å².